The van der Waals surface area contributed by atoms with Gasteiger partial charge in [-0.1, -0.05) is 54.6 Å². The van der Waals surface area contributed by atoms with E-state index >= 15 is 0 Å². The summed E-state index contributed by atoms with van der Waals surface area (Å²) in [5.74, 6) is 0. The zero-order valence-electron chi connectivity index (χ0n) is 22.4. The molecular formula is C37H24N4. The Labute approximate surface area is 237 Å². The number of para-hydroxylation sites is 3. The largest absolute Gasteiger partial charge is 0.309 e. The third-order valence-corrected chi connectivity index (χ3v) is 8.18. The maximum Gasteiger partial charge on any atom is 0.0998 e. The third-order valence-electron chi connectivity index (χ3n) is 8.18. The van der Waals surface area contributed by atoms with Crippen LogP contribution in [0, 0.1) is 18.3 Å². The van der Waals surface area contributed by atoms with E-state index < -0.39 is 0 Å². The second-order valence-corrected chi connectivity index (χ2v) is 10.5. The molecule has 0 fully saturated rings. The SMILES string of the molecule is Cc1cc(C#N)c(-c2ccncc2)cc1-n1c2ccccc2c2cc(-n3c4ccccc4c4ccccc43)ccc21. The van der Waals surface area contributed by atoms with Gasteiger partial charge in [0.25, 0.3) is 0 Å². The molecule has 8 rings (SSSR count). The highest BCUT2D eigenvalue weighted by Crippen LogP contribution is 2.38. The lowest BCUT2D eigenvalue weighted by molar-refractivity contribution is 1.14. The Balaban J connectivity index is 1.43. The molecule has 0 saturated heterocycles. The highest BCUT2D eigenvalue weighted by molar-refractivity contribution is 6.12. The number of rotatable bonds is 3. The van der Waals surface area contributed by atoms with E-state index in [2.05, 4.69) is 124 Å². The summed E-state index contributed by atoms with van der Waals surface area (Å²) in [5.41, 5.74) is 10.4. The molecule has 0 aliphatic rings. The third kappa shape index (κ3) is 3.43. The molecule has 5 aromatic carbocycles. The van der Waals surface area contributed by atoms with Crippen LogP contribution in [0.2, 0.25) is 0 Å². The molecule has 4 heteroatoms. The van der Waals surface area contributed by atoms with E-state index in [1.165, 1.54) is 32.6 Å². The van der Waals surface area contributed by atoms with E-state index in [0.29, 0.717) is 5.56 Å². The van der Waals surface area contributed by atoms with Crippen molar-refractivity contribution in [2.75, 3.05) is 0 Å². The van der Waals surface area contributed by atoms with Crippen LogP contribution in [0.3, 0.4) is 0 Å². The minimum Gasteiger partial charge on any atom is -0.309 e. The maximum atomic E-state index is 9.97. The molecule has 3 aromatic heterocycles. The van der Waals surface area contributed by atoms with Crippen molar-refractivity contribution in [2.24, 2.45) is 0 Å². The molecular weight excluding hydrogens is 500 g/mol. The Morgan fingerprint density at radius 2 is 1.15 bits per heavy atom. The van der Waals surface area contributed by atoms with Gasteiger partial charge in [0, 0.05) is 50.9 Å². The van der Waals surface area contributed by atoms with E-state index in [1.54, 1.807) is 12.4 Å². The first-order chi connectivity index (χ1) is 20.2. The highest BCUT2D eigenvalue weighted by atomic mass is 15.0. The van der Waals surface area contributed by atoms with Gasteiger partial charge in [-0.3, -0.25) is 4.98 Å². The zero-order valence-corrected chi connectivity index (χ0v) is 22.4. The van der Waals surface area contributed by atoms with Crippen LogP contribution in [0.15, 0.2) is 128 Å². The molecule has 0 radical (unpaired) electrons. The first-order valence-electron chi connectivity index (χ1n) is 13.7. The number of aryl methyl sites for hydroxylation is 1. The van der Waals surface area contributed by atoms with Crippen LogP contribution in [-0.2, 0) is 0 Å². The summed E-state index contributed by atoms with van der Waals surface area (Å²) in [4.78, 5) is 4.18. The van der Waals surface area contributed by atoms with Crippen molar-refractivity contribution in [1.82, 2.24) is 14.1 Å². The van der Waals surface area contributed by atoms with Gasteiger partial charge in [0.2, 0.25) is 0 Å². The Hall–Kier alpha value is -5.66. The Bertz CT molecular complexity index is 2280. The lowest BCUT2D eigenvalue weighted by Crippen LogP contribution is -2.00. The minimum absolute atomic E-state index is 0.659. The fourth-order valence-corrected chi connectivity index (χ4v) is 6.36. The lowest BCUT2D eigenvalue weighted by atomic mass is 9.97. The van der Waals surface area contributed by atoms with Gasteiger partial charge < -0.3 is 9.13 Å². The van der Waals surface area contributed by atoms with Gasteiger partial charge in [0.15, 0.2) is 0 Å². The Morgan fingerprint density at radius 3 is 1.78 bits per heavy atom. The monoisotopic (exact) mass is 524 g/mol. The first-order valence-corrected chi connectivity index (χ1v) is 13.7. The van der Waals surface area contributed by atoms with Gasteiger partial charge >= 0.3 is 0 Å². The quantitative estimate of drug-likeness (QED) is 0.231. The molecule has 4 nitrogen and oxygen atoms in total. The summed E-state index contributed by atoms with van der Waals surface area (Å²) >= 11 is 0. The highest BCUT2D eigenvalue weighted by Gasteiger charge is 2.18. The number of nitriles is 1. The standard InChI is InChI=1S/C37H24N4/c1-24-20-26(23-38)31(25-16-18-39-19-17-25)22-37(24)41-35-13-7-4-10-30(35)32-21-27(14-15-36(32)41)40-33-11-5-2-8-28(33)29-9-3-6-12-34(29)40/h2-22H,1H3. The molecule has 0 saturated carbocycles. The van der Waals surface area contributed by atoms with Crippen molar-refractivity contribution >= 4 is 43.6 Å². The molecule has 0 unspecified atom stereocenters. The van der Waals surface area contributed by atoms with Gasteiger partial charge in [-0.05, 0) is 78.7 Å². The van der Waals surface area contributed by atoms with Gasteiger partial charge in [0.05, 0.1) is 33.7 Å². The molecule has 0 bridgehead atoms. The topological polar surface area (TPSA) is 46.5 Å². The zero-order chi connectivity index (χ0) is 27.5. The Morgan fingerprint density at radius 1 is 0.585 bits per heavy atom. The Kier molecular flexibility index (Phi) is 5.07. The van der Waals surface area contributed by atoms with Crippen LogP contribution in [0.25, 0.3) is 66.1 Å². The molecule has 0 atom stereocenters. The molecule has 0 amide bonds. The molecule has 8 aromatic rings. The van der Waals surface area contributed by atoms with E-state index in [4.69, 9.17) is 0 Å². The van der Waals surface area contributed by atoms with E-state index in [9.17, 15) is 5.26 Å². The van der Waals surface area contributed by atoms with Crippen molar-refractivity contribution in [1.29, 1.82) is 5.26 Å². The van der Waals surface area contributed by atoms with E-state index in [-0.39, 0.29) is 0 Å². The number of hydrogen-bond acceptors (Lipinski definition) is 2. The summed E-state index contributed by atoms with van der Waals surface area (Å²) in [5, 5.41) is 14.9. The van der Waals surface area contributed by atoms with Gasteiger partial charge in [0.1, 0.15) is 0 Å². The van der Waals surface area contributed by atoms with Crippen LogP contribution in [0.1, 0.15) is 11.1 Å². The molecule has 41 heavy (non-hydrogen) atoms. The number of nitrogens with zero attached hydrogens (tertiary/aromatic N) is 4. The normalized spacial score (nSPS) is 11.5. The first kappa shape index (κ1) is 23.2. The summed E-state index contributed by atoms with van der Waals surface area (Å²) in [6.07, 6.45) is 3.54. The average molecular weight is 525 g/mol. The second-order valence-electron chi connectivity index (χ2n) is 10.5. The minimum atomic E-state index is 0.659. The lowest BCUT2D eigenvalue weighted by Gasteiger charge is -2.15. The van der Waals surface area contributed by atoms with Crippen molar-refractivity contribution in [3.8, 4) is 28.6 Å². The number of benzene rings is 5. The summed E-state index contributed by atoms with van der Waals surface area (Å²) in [6.45, 7) is 2.08. The fraction of sp³-hybridized carbons (Fsp3) is 0.0270. The maximum absolute atomic E-state index is 9.97. The second kappa shape index (κ2) is 8.94. The van der Waals surface area contributed by atoms with Crippen molar-refractivity contribution in [2.45, 2.75) is 6.92 Å². The predicted octanol–water partition coefficient (Wildman–Crippen LogP) is 9.12. The molecule has 192 valence electrons. The summed E-state index contributed by atoms with van der Waals surface area (Å²) in [6, 6.07) is 43.0. The van der Waals surface area contributed by atoms with Gasteiger partial charge in [-0.15, -0.1) is 0 Å². The fourth-order valence-electron chi connectivity index (χ4n) is 6.36. The summed E-state index contributed by atoms with van der Waals surface area (Å²) < 4.78 is 4.70. The molecule has 0 aliphatic heterocycles. The van der Waals surface area contributed by atoms with Crippen molar-refractivity contribution in [3.05, 3.63) is 139 Å². The van der Waals surface area contributed by atoms with Crippen LogP contribution in [0.4, 0.5) is 0 Å². The molecule has 0 N–H and O–H groups in total. The van der Waals surface area contributed by atoms with Gasteiger partial charge in [-0.2, -0.15) is 5.26 Å². The van der Waals surface area contributed by atoms with Crippen LogP contribution in [0.5, 0.6) is 0 Å². The van der Waals surface area contributed by atoms with Gasteiger partial charge in [-0.25, -0.2) is 0 Å². The van der Waals surface area contributed by atoms with Crippen LogP contribution >= 0.6 is 0 Å². The molecule has 0 spiro atoms. The average Bonchev–Trinajstić information content (AvgIpc) is 3.54. The molecule has 3 heterocycles. The number of pyridine rings is 1. The van der Waals surface area contributed by atoms with E-state index in [1.807, 2.05) is 18.2 Å². The van der Waals surface area contributed by atoms with E-state index in [0.717, 1.165) is 39.1 Å². The number of aromatic nitrogens is 3. The number of hydrogen-bond donors (Lipinski definition) is 0. The predicted molar refractivity (Wildman–Crippen MR) is 168 cm³/mol. The molecule has 0 aliphatic carbocycles. The summed E-state index contributed by atoms with van der Waals surface area (Å²) in [7, 11) is 0. The number of fused-ring (bicyclic) bond motifs is 6. The van der Waals surface area contributed by atoms with Crippen LogP contribution < -0.4 is 0 Å². The van der Waals surface area contributed by atoms with Crippen LogP contribution in [-0.4, -0.2) is 14.1 Å². The smallest absolute Gasteiger partial charge is 0.0998 e. The van der Waals surface area contributed by atoms with Crippen molar-refractivity contribution in [3.63, 3.8) is 0 Å². The van der Waals surface area contributed by atoms with Crippen molar-refractivity contribution < 1.29 is 0 Å².